The molecule has 7 heteroatoms. The van der Waals surface area contributed by atoms with Crippen molar-refractivity contribution >= 4 is 11.7 Å². The summed E-state index contributed by atoms with van der Waals surface area (Å²) in [4.78, 5) is 29.1. The lowest BCUT2D eigenvalue weighted by Crippen LogP contribution is -2.12. The Morgan fingerprint density at radius 2 is 2.29 bits per heavy atom. The molecule has 0 saturated heterocycles. The van der Waals surface area contributed by atoms with E-state index in [0.717, 1.165) is 0 Å². The number of rotatable bonds is 4. The van der Waals surface area contributed by atoms with Gasteiger partial charge in [-0.05, 0) is 17.1 Å². The Morgan fingerprint density at radius 3 is 2.94 bits per heavy atom. The number of ketones is 1. The van der Waals surface area contributed by atoms with E-state index in [1.807, 2.05) is 0 Å². The zero-order valence-corrected chi connectivity index (χ0v) is 8.68. The number of pyridine rings is 1. The zero-order chi connectivity index (χ0) is 12.3. The summed E-state index contributed by atoms with van der Waals surface area (Å²) in [5, 5.41) is 10.6. The Bertz CT molecular complexity index is 550. The fourth-order valence-electron chi connectivity index (χ4n) is 1.37. The van der Waals surface area contributed by atoms with Crippen LogP contribution in [0.4, 0.5) is 5.95 Å². The van der Waals surface area contributed by atoms with Crippen molar-refractivity contribution in [2.24, 2.45) is 0 Å². The molecule has 0 saturated carbocycles. The quantitative estimate of drug-likeness (QED) is 0.446. The van der Waals surface area contributed by atoms with Gasteiger partial charge in [0, 0.05) is 18.0 Å². The molecule has 0 bridgehead atoms. The maximum atomic E-state index is 11.8. The summed E-state index contributed by atoms with van der Waals surface area (Å²) in [5.74, 6) is -0.596. The zero-order valence-electron chi connectivity index (χ0n) is 8.68. The average molecular weight is 232 g/mol. The lowest BCUT2D eigenvalue weighted by molar-refractivity contribution is -0.396. The summed E-state index contributed by atoms with van der Waals surface area (Å²) >= 11 is 0. The third kappa shape index (κ3) is 2.33. The normalized spacial score (nSPS) is 10.1. The minimum Gasteiger partial charge on any atom is -0.390 e. The molecule has 0 spiro atoms. The molecule has 0 unspecified atom stereocenters. The van der Waals surface area contributed by atoms with E-state index < -0.39 is 4.92 Å². The van der Waals surface area contributed by atoms with Crippen LogP contribution in [0.15, 0.2) is 36.9 Å². The topological polar surface area (TPSA) is 90.9 Å². The highest BCUT2D eigenvalue weighted by Gasteiger charge is 2.17. The highest BCUT2D eigenvalue weighted by Crippen LogP contribution is 2.09. The standard InChI is InChI=1S/C10H8N4O3/c15-9(8-2-1-3-11-6-8)7-13-5-4-12-10(13)14(16)17/h1-6H,7H2. The molecule has 0 atom stereocenters. The predicted octanol–water partition coefficient (Wildman–Crippen LogP) is 1.07. The van der Waals surface area contributed by atoms with Crippen molar-refractivity contribution in [3.05, 3.63) is 52.6 Å². The number of Topliss-reactive ketones (excluding diaryl/α,β-unsaturated/α-hetero) is 1. The summed E-state index contributed by atoms with van der Waals surface area (Å²) in [7, 11) is 0. The molecule has 0 N–H and O–H groups in total. The van der Waals surface area contributed by atoms with Crippen molar-refractivity contribution < 1.29 is 9.72 Å². The van der Waals surface area contributed by atoms with Gasteiger partial charge in [-0.3, -0.25) is 9.78 Å². The third-order valence-corrected chi connectivity index (χ3v) is 2.15. The number of carbonyl (C=O) groups is 1. The van der Waals surface area contributed by atoms with Crippen LogP contribution in [0.5, 0.6) is 0 Å². The van der Waals surface area contributed by atoms with E-state index in [4.69, 9.17) is 0 Å². The molecule has 0 amide bonds. The number of imidazole rings is 1. The first kappa shape index (κ1) is 10.9. The van der Waals surface area contributed by atoms with Crippen molar-refractivity contribution in [1.29, 1.82) is 0 Å². The largest absolute Gasteiger partial charge is 0.434 e. The van der Waals surface area contributed by atoms with Crippen LogP contribution in [-0.2, 0) is 6.54 Å². The lowest BCUT2D eigenvalue weighted by atomic mass is 10.2. The van der Waals surface area contributed by atoms with Crippen LogP contribution >= 0.6 is 0 Å². The van der Waals surface area contributed by atoms with E-state index in [0.29, 0.717) is 5.56 Å². The molecule has 0 aromatic carbocycles. The van der Waals surface area contributed by atoms with Crippen molar-refractivity contribution in [1.82, 2.24) is 14.5 Å². The predicted molar refractivity (Wildman–Crippen MR) is 57.4 cm³/mol. The van der Waals surface area contributed by atoms with Crippen LogP contribution in [0, 0.1) is 10.1 Å². The SMILES string of the molecule is O=C(Cn1ccnc1[N+](=O)[O-])c1cccnc1. The van der Waals surface area contributed by atoms with Gasteiger partial charge in [0.2, 0.25) is 0 Å². The molecule has 0 aliphatic rings. The Labute approximate surface area is 95.9 Å². The molecule has 0 aliphatic heterocycles. The van der Waals surface area contributed by atoms with E-state index in [2.05, 4.69) is 9.97 Å². The summed E-state index contributed by atoms with van der Waals surface area (Å²) < 4.78 is 1.19. The third-order valence-electron chi connectivity index (χ3n) is 2.15. The van der Waals surface area contributed by atoms with E-state index >= 15 is 0 Å². The number of carbonyl (C=O) groups excluding carboxylic acids is 1. The highest BCUT2D eigenvalue weighted by molar-refractivity contribution is 5.95. The number of hydrogen-bond acceptors (Lipinski definition) is 5. The first-order valence-electron chi connectivity index (χ1n) is 4.77. The second kappa shape index (κ2) is 4.52. The van der Waals surface area contributed by atoms with Gasteiger partial charge in [0.05, 0.1) is 0 Å². The van der Waals surface area contributed by atoms with Crippen LogP contribution in [0.2, 0.25) is 0 Å². The second-order valence-corrected chi connectivity index (χ2v) is 3.28. The average Bonchev–Trinajstić information content (AvgIpc) is 2.78. The second-order valence-electron chi connectivity index (χ2n) is 3.28. The molecule has 0 radical (unpaired) electrons. The minimum absolute atomic E-state index is 0.123. The van der Waals surface area contributed by atoms with Gasteiger partial charge in [-0.15, -0.1) is 0 Å². The van der Waals surface area contributed by atoms with E-state index in [1.165, 1.54) is 23.2 Å². The van der Waals surface area contributed by atoms with Gasteiger partial charge >= 0.3 is 5.95 Å². The number of nitrogens with zero attached hydrogens (tertiary/aromatic N) is 4. The van der Waals surface area contributed by atoms with Crippen molar-refractivity contribution in [3.63, 3.8) is 0 Å². The fourth-order valence-corrected chi connectivity index (χ4v) is 1.37. The molecule has 0 aliphatic carbocycles. The minimum atomic E-state index is -0.628. The van der Waals surface area contributed by atoms with Crippen LogP contribution in [0.1, 0.15) is 10.4 Å². The molecular formula is C10H8N4O3. The van der Waals surface area contributed by atoms with Crippen LogP contribution in [-0.4, -0.2) is 25.2 Å². The Kier molecular flexibility index (Phi) is 2.91. The van der Waals surface area contributed by atoms with Crippen LogP contribution < -0.4 is 0 Å². The van der Waals surface area contributed by atoms with Gasteiger partial charge in [-0.2, -0.15) is 0 Å². The Hall–Kier alpha value is -2.57. The molecule has 86 valence electrons. The molecular weight excluding hydrogens is 224 g/mol. The van der Waals surface area contributed by atoms with Crippen LogP contribution in [0.25, 0.3) is 0 Å². The monoisotopic (exact) mass is 232 g/mol. The number of hydrogen-bond donors (Lipinski definition) is 0. The summed E-state index contributed by atoms with van der Waals surface area (Å²) in [6.07, 6.45) is 5.66. The van der Waals surface area contributed by atoms with Gasteiger partial charge in [0.25, 0.3) is 0 Å². The number of nitro groups is 1. The maximum Gasteiger partial charge on any atom is 0.434 e. The molecule has 0 fully saturated rings. The first-order chi connectivity index (χ1) is 8.18. The highest BCUT2D eigenvalue weighted by atomic mass is 16.6. The van der Waals surface area contributed by atoms with Gasteiger partial charge in [-0.25, -0.2) is 4.57 Å². The summed E-state index contributed by atoms with van der Waals surface area (Å²) in [6.45, 7) is -0.123. The molecule has 2 aromatic heterocycles. The Balaban J connectivity index is 2.19. The van der Waals surface area contributed by atoms with Gasteiger partial charge in [-0.1, -0.05) is 4.98 Å². The summed E-state index contributed by atoms with van der Waals surface area (Å²) in [6, 6.07) is 3.24. The fraction of sp³-hybridized carbons (Fsp3) is 0.100. The van der Waals surface area contributed by atoms with Gasteiger partial charge in [0.1, 0.15) is 18.9 Å². The van der Waals surface area contributed by atoms with Crippen molar-refractivity contribution in [3.8, 4) is 0 Å². The van der Waals surface area contributed by atoms with Crippen molar-refractivity contribution in [2.45, 2.75) is 6.54 Å². The molecule has 2 rings (SSSR count). The maximum absolute atomic E-state index is 11.8. The smallest absolute Gasteiger partial charge is 0.390 e. The van der Waals surface area contributed by atoms with Gasteiger partial charge < -0.3 is 10.1 Å². The van der Waals surface area contributed by atoms with E-state index in [9.17, 15) is 14.9 Å². The lowest BCUT2D eigenvalue weighted by Gasteiger charge is -2.00. The first-order valence-corrected chi connectivity index (χ1v) is 4.77. The molecule has 2 aromatic rings. The van der Waals surface area contributed by atoms with Crippen molar-refractivity contribution in [2.75, 3.05) is 0 Å². The van der Waals surface area contributed by atoms with E-state index in [-0.39, 0.29) is 18.3 Å². The Morgan fingerprint density at radius 1 is 1.47 bits per heavy atom. The molecule has 7 nitrogen and oxygen atoms in total. The van der Waals surface area contributed by atoms with Crippen LogP contribution in [0.3, 0.4) is 0 Å². The van der Waals surface area contributed by atoms with Gasteiger partial charge in [0.15, 0.2) is 5.78 Å². The summed E-state index contributed by atoms with van der Waals surface area (Å²) in [5.41, 5.74) is 0.412. The number of aromatic nitrogens is 3. The molecule has 17 heavy (non-hydrogen) atoms. The van der Waals surface area contributed by atoms with E-state index in [1.54, 1.807) is 18.3 Å². The molecule has 2 heterocycles.